The van der Waals surface area contributed by atoms with E-state index < -0.39 is 21.0 Å². The number of rotatable bonds is 7. The van der Waals surface area contributed by atoms with Gasteiger partial charge in [-0.25, -0.2) is 28.2 Å². The number of cyclic esters (lactones) is 1. The molecule has 3 aromatic heterocycles. The summed E-state index contributed by atoms with van der Waals surface area (Å²) in [6.45, 7) is 9.57. The molecule has 3 N–H and O–H groups in total. The first kappa shape index (κ1) is 27.3. The molecule has 39 heavy (non-hydrogen) atoms. The van der Waals surface area contributed by atoms with E-state index in [0.717, 1.165) is 16.3 Å². The van der Waals surface area contributed by atoms with Crippen molar-refractivity contribution in [3.05, 3.63) is 47.4 Å². The molecule has 10 nitrogen and oxygen atoms in total. The van der Waals surface area contributed by atoms with Gasteiger partial charge in [0.25, 0.3) is 0 Å². The third-order valence-corrected chi connectivity index (χ3v) is 8.73. The van der Waals surface area contributed by atoms with Gasteiger partial charge < -0.3 is 20.5 Å². The summed E-state index contributed by atoms with van der Waals surface area (Å²) in [5.41, 5.74) is 7.13. The number of sulfone groups is 1. The summed E-state index contributed by atoms with van der Waals surface area (Å²) in [6.07, 6.45) is 5.92. The van der Waals surface area contributed by atoms with Gasteiger partial charge >= 0.3 is 5.97 Å². The molecule has 0 spiro atoms. The highest BCUT2D eigenvalue weighted by Crippen LogP contribution is 2.39. The molecule has 11 heteroatoms. The van der Waals surface area contributed by atoms with Gasteiger partial charge in [0.05, 0.1) is 22.4 Å². The molecule has 1 aliphatic heterocycles. The van der Waals surface area contributed by atoms with Gasteiger partial charge in [0.1, 0.15) is 33.2 Å². The number of fused-ring (bicyclic) bond motifs is 2. The number of carbonyl (C=O) groups is 1. The summed E-state index contributed by atoms with van der Waals surface area (Å²) < 4.78 is 34.9. The molecule has 1 saturated carbocycles. The van der Waals surface area contributed by atoms with Crippen molar-refractivity contribution in [3.8, 4) is 5.88 Å². The highest BCUT2D eigenvalue weighted by molar-refractivity contribution is 7.90. The zero-order chi connectivity index (χ0) is 28.3. The molecule has 0 aromatic carbocycles. The van der Waals surface area contributed by atoms with Gasteiger partial charge in [0, 0.05) is 30.1 Å². The normalized spacial score (nSPS) is 22.5. The summed E-state index contributed by atoms with van der Waals surface area (Å²) in [6, 6.07) is 5.35. The number of aromatic nitrogens is 3. The van der Waals surface area contributed by atoms with Crippen LogP contribution >= 0.6 is 0 Å². The Bertz CT molecular complexity index is 1560. The minimum absolute atomic E-state index is 0.0875. The number of anilines is 2. The van der Waals surface area contributed by atoms with Crippen LogP contribution in [0.15, 0.2) is 30.6 Å². The lowest BCUT2D eigenvalue weighted by Crippen LogP contribution is -2.39. The van der Waals surface area contributed by atoms with Crippen molar-refractivity contribution in [3.63, 3.8) is 0 Å². The van der Waals surface area contributed by atoms with Crippen molar-refractivity contribution in [1.82, 2.24) is 15.0 Å². The van der Waals surface area contributed by atoms with Crippen LogP contribution in [0.3, 0.4) is 0 Å². The molecule has 4 heterocycles. The average molecular weight is 554 g/mol. The van der Waals surface area contributed by atoms with Crippen LogP contribution in [0.2, 0.25) is 0 Å². The summed E-state index contributed by atoms with van der Waals surface area (Å²) in [4.78, 5) is 26.3. The van der Waals surface area contributed by atoms with Gasteiger partial charge in [-0.3, -0.25) is 0 Å². The molecular formula is C28H35N5O5S. The fourth-order valence-electron chi connectivity index (χ4n) is 5.17. The number of esters is 1. The van der Waals surface area contributed by atoms with Gasteiger partial charge in [0.15, 0.2) is 0 Å². The lowest BCUT2D eigenvalue weighted by Gasteiger charge is -2.36. The Morgan fingerprint density at radius 3 is 2.54 bits per heavy atom. The molecule has 0 unspecified atom stereocenters. The number of pyridine rings is 3. The van der Waals surface area contributed by atoms with Crippen LogP contribution in [-0.4, -0.2) is 53.1 Å². The van der Waals surface area contributed by atoms with E-state index in [-0.39, 0.29) is 29.7 Å². The molecule has 0 bridgehead atoms. The van der Waals surface area contributed by atoms with E-state index in [1.54, 1.807) is 24.5 Å². The first-order valence-electron chi connectivity index (χ1n) is 13.0. The third kappa shape index (κ3) is 5.56. The highest BCUT2D eigenvalue weighted by atomic mass is 32.2. The van der Waals surface area contributed by atoms with Crippen LogP contribution in [0.1, 0.15) is 75.0 Å². The predicted octanol–water partition coefficient (Wildman–Crippen LogP) is 4.22. The van der Waals surface area contributed by atoms with Crippen molar-refractivity contribution in [2.24, 2.45) is 11.7 Å². The zero-order valence-corrected chi connectivity index (χ0v) is 23.9. The fourth-order valence-corrected chi connectivity index (χ4v) is 6.30. The summed E-state index contributed by atoms with van der Waals surface area (Å²) in [5.74, 6) is 1.37. The van der Waals surface area contributed by atoms with Crippen molar-refractivity contribution in [2.45, 2.75) is 70.6 Å². The van der Waals surface area contributed by atoms with Crippen LogP contribution in [0, 0.1) is 5.92 Å². The Hall–Kier alpha value is -3.31. The molecule has 3 aromatic rings. The Labute approximate surface area is 228 Å². The molecule has 0 saturated heterocycles. The number of hydrogen-bond acceptors (Lipinski definition) is 10. The Kier molecular flexibility index (Phi) is 6.58. The van der Waals surface area contributed by atoms with E-state index in [0.29, 0.717) is 41.6 Å². The summed E-state index contributed by atoms with van der Waals surface area (Å²) >= 11 is 0. The maximum Gasteiger partial charge on any atom is 0.340 e. The van der Waals surface area contributed by atoms with Crippen LogP contribution in [0.5, 0.6) is 5.88 Å². The van der Waals surface area contributed by atoms with Crippen LogP contribution in [-0.2, 0) is 20.1 Å². The van der Waals surface area contributed by atoms with Crippen molar-refractivity contribution >= 4 is 38.2 Å². The first-order valence-corrected chi connectivity index (χ1v) is 15.1. The molecule has 5 rings (SSSR count). The van der Waals surface area contributed by atoms with Gasteiger partial charge in [-0.15, -0.1) is 0 Å². The maximum absolute atomic E-state index is 12.5. The van der Waals surface area contributed by atoms with Crippen LogP contribution in [0.4, 0.5) is 11.6 Å². The predicted molar refractivity (Wildman–Crippen MR) is 149 cm³/mol. The molecule has 208 valence electrons. The van der Waals surface area contributed by atoms with E-state index >= 15 is 0 Å². The fraction of sp³-hybridized carbons (Fsp3) is 0.500. The number of carbonyl (C=O) groups excluding carboxylic acids is 1. The Morgan fingerprint density at radius 2 is 1.87 bits per heavy atom. The largest absolute Gasteiger partial charge is 0.474 e. The summed E-state index contributed by atoms with van der Waals surface area (Å²) in [5, 5.41) is 4.83. The topological polar surface area (TPSA) is 146 Å². The second kappa shape index (κ2) is 9.41. The van der Waals surface area contributed by atoms with Gasteiger partial charge in [-0.05, 0) is 75.6 Å². The second-order valence-electron chi connectivity index (χ2n) is 12.0. The number of nitrogens with one attached hydrogen (secondary N) is 1. The smallest absolute Gasteiger partial charge is 0.340 e. The molecule has 0 radical (unpaired) electrons. The number of nitrogens with zero attached hydrogens (tertiary/aromatic N) is 3. The van der Waals surface area contributed by atoms with Crippen molar-refractivity contribution < 1.29 is 22.7 Å². The average Bonchev–Trinajstić information content (AvgIpc) is 2.79. The molecule has 0 amide bonds. The van der Waals surface area contributed by atoms with E-state index in [4.69, 9.17) is 20.2 Å². The molecule has 2 aliphatic rings. The molecule has 1 atom stereocenters. The molecular weight excluding hydrogens is 518 g/mol. The number of nitrogens with two attached hydrogens (primary N) is 1. The Morgan fingerprint density at radius 1 is 1.15 bits per heavy atom. The third-order valence-electron chi connectivity index (χ3n) is 7.65. The lowest BCUT2D eigenvalue weighted by atomic mass is 9.84. The zero-order valence-electron chi connectivity index (χ0n) is 23.1. The van der Waals surface area contributed by atoms with Crippen molar-refractivity contribution in [2.75, 3.05) is 17.3 Å². The van der Waals surface area contributed by atoms with Gasteiger partial charge in [0.2, 0.25) is 5.88 Å². The summed E-state index contributed by atoms with van der Waals surface area (Å²) in [7, 11) is -3.01. The standard InChI is InChI=1S/C28H35N5O5S/c1-15-24-18(26(34)38-28(15,4)5)7-8-22(33-24)32-23-11-19-20(12-30-23)25(31-13-21(19)27(2,3)29)37-17-9-16(10-17)14-39(6,35)36/h7-8,11-13,15-17H,9-10,14,29H2,1-6H3,(H,30,32,33)/t15-,16?,17?/m1/s1. The van der Waals surface area contributed by atoms with Crippen molar-refractivity contribution in [1.29, 1.82) is 0 Å². The van der Waals surface area contributed by atoms with Gasteiger partial charge in [-0.1, -0.05) is 6.92 Å². The molecule has 1 fully saturated rings. The van der Waals surface area contributed by atoms with E-state index in [9.17, 15) is 13.2 Å². The number of hydrogen-bond donors (Lipinski definition) is 2. The van der Waals surface area contributed by atoms with E-state index in [1.807, 2.05) is 40.7 Å². The minimum atomic E-state index is -3.01. The lowest BCUT2D eigenvalue weighted by molar-refractivity contribution is -0.0189. The van der Waals surface area contributed by atoms with Crippen LogP contribution in [0.25, 0.3) is 10.8 Å². The van der Waals surface area contributed by atoms with E-state index in [1.165, 1.54) is 6.26 Å². The minimum Gasteiger partial charge on any atom is -0.474 e. The Balaban J connectivity index is 1.44. The SMILES string of the molecule is C[C@@H]1c2nc(Nc3cc4c(C(C)(C)N)cnc(OC5CC(CS(C)(=O)=O)C5)c4cn3)ccc2C(=O)OC1(C)C. The first-order chi connectivity index (χ1) is 18.1. The quantitative estimate of drug-likeness (QED) is 0.408. The monoisotopic (exact) mass is 553 g/mol. The van der Waals surface area contributed by atoms with Gasteiger partial charge in [-0.2, -0.15) is 0 Å². The van der Waals surface area contributed by atoms with Crippen LogP contribution < -0.4 is 15.8 Å². The highest BCUT2D eigenvalue weighted by Gasteiger charge is 2.40. The second-order valence-corrected chi connectivity index (χ2v) is 14.1. The van der Waals surface area contributed by atoms with E-state index in [2.05, 4.69) is 15.3 Å². The number of ether oxygens (including phenoxy) is 2. The molecule has 1 aliphatic carbocycles. The maximum atomic E-state index is 12.5.